The molecule has 0 amide bonds. The normalized spacial score (nSPS) is 24.7. The van der Waals surface area contributed by atoms with E-state index >= 15 is 0 Å². The molecule has 0 aromatic rings. The summed E-state index contributed by atoms with van der Waals surface area (Å²) in [5.74, 6) is 0. The van der Waals surface area contributed by atoms with Crippen LogP contribution in [0.2, 0.25) is 0 Å². The Morgan fingerprint density at radius 3 is 2.22 bits per heavy atom. The summed E-state index contributed by atoms with van der Waals surface area (Å²) in [7, 11) is 2.18. The molecule has 1 aliphatic rings. The van der Waals surface area contributed by atoms with Crippen molar-refractivity contribution in [2.45, 2.75) is 0 Å². The van der Waals surface area contributed by atoms with Crippen molar-refractivity contribution < 1.29 is 0 Å². The van der Waals surface area contributed by atoms with E-state index in [9.17, 15) is 0 Å². The van der Waals surface area contributed by atoms with Gasteiger partial charge in [-0.15, -0.1) is 0 Å². The van der Waals surface area contributed by atoms with Crippen LogP contribution < -0.4 is 0 Å². The third-order valence-electron chi connectivity index (χ3n) is 1.78. The number of nitrogens with zero attached hydrogens (tertiary/aromatic N) is 2. The van der Waals surface area contributed by atoms with Crippen LogP contribution in [0.25, 0.3) is 0 Å². The van der Waals surface area contributed by atoms with Crippen LogP contribution in [0, 0.1) is 0 Å². The monoisotopic (exact) mass is 193 g/mol. The van der Waals surface area contributed by atoms with E-state index in [4.69, 9.17) is 0 Å². The number of rotatable bonds is 1. The molecule has 1 rings (SSSR count). The van der Waals surface area contributed by atoms with Crippen molar-refractivity contribution in [3.05, 3.63) is 0 Å². The molecule has 9 heavy (non-hydrogen) atoms. The van der Waals surface area contributed by atoms with Gasteiger partial charge in [-0.2, -0.15) is 0 Å². The quantitative estimate of drug-likeness (QED) is 0.510. The molecule has 0 spiro atoms. The molecule has 1 aliphatic heterocycles. The molecule has 0 unspecified atom stereocenters. The molecule has 2 nitrogen and oxygen atoms in total. The second kappa shape index (κ2) is 3.57. The summed E-state index contributed by atoms with van der Waals surface area (Å²) < 4.78 is 0. The third kappa shape index (κ3) is 2.26. The average molecular weight is 192 g/mol. The fraction of sp³-hybridized carbons (Fsp3) is 1.00. The number of hydrogen-bond donors (Lipinski definition) is 0. The fourth-order valence-corrected chi connectivity index (χ4v) is 1.52. The van der Waals surface area contributed by atoms with Crippen molar-refractivity contribution in [1.29, 1.82) is 0 Å². The minimum absolute atomic E-state index is 1.09. The molecule has 1 saturated heterocycles. The predicted molar refractivity (Wildman–Crippen MR) is 39.7 cm³/mol. The van der Waals surface area contributed by atoms with Gasteiger partial charge >= 0.3 is 64.5 Å². The number of likely N-dealkylation sites (N-methyl/N-ethyl adjacent to an activating group) is 1. The van der Waals surface area contributed by atoms with Gasteiger partial charge in [-0.3, -0.25) is 0 Å². The first-order chi connectivity index (χ1) is 4.33. The first-order valence-electron chi connectivity index (χ1n) is 3.32. The van der Waals surface area contributed by atoms with Crippen molar-refractivity contribution in [1.82, 2.24) is 9.80 Å². The van der Waals surface area contributed by atoms with Crippen LogP contribution in [0.4, 0.5) is 0 Å². The van der Waals surface area contributed by atoms with E-state index in [2.05, 4.69) is 32.9 Å². The van der Waals surface area contributed by atoms with E-state index in [0.717, 1.165) is 5.44 Å². The molecule has 0 N–H and O–H groups in total. The van der Waals surface area contributed by atoms with Gasteiger partial charge in [0.2, 0.25) is 0 Å². The molecule has 0 atom stereocenters. The van der Waals surface area contributed by atoms with Gasteiger partial charge in [-0.25, -0.2) is 0 Å². The van der Waals surface area contributed by atoms with E-state index in [1.165, 1.54) is 26.2 Å². The molecule has 0 aromatic carbocycles. The van der Waals surface area contributed by atoms with Gasteiger partial charge in [0.1, 0.15) is 0 Å². The maximum atomic E-state index is 3.03. The predicted octanol–water partition coefficient (Wildman–Crippen LogP) is -0.640. The van der Waals surface area contributed by atoms with E-state index in [1.807, 2.05) is 0 Å². The molecule has 53 valence electrons. The summed E-state index contributed by atoms with van der Waals surface area (Å²) in [6.07, 6.45) is 0. The standard InChI is InChI=1S/C6H13N2Se/c1-7-2-4-8(6-9)5-3-7/h2-6H2,1H3. The molecule has 0 aliphatic carbocycles. The van der Waals surface area contributed by atoms with Crippen LogP contribution in [0.5, 0.6) is 0 Å². The van der Waals surface area contributed by atoms with Crippen molar-refractivity contribution in [2.75, 3.05) is 38.7 Å². The molecule has 3 heteroatoms. The zero-order valence-corrected chi connectivity index (χ0v) is 7.55. The van der Waals surface area contributed by atoms with Crippen LogP contribution in [-0.4, -0.2) is 64.5 Å². The van der Waals surface area contributed by atoms with Gasteiger partial charge in [0.05, 0.1) is 0 Å². The molecule has 0 aromatic heterocycles. The fourth-order valence-electron chi connectivity index (χ4n) is 0.977. The van der Waals surface area contributed by atoms with Gasteiger partial charge in [-0.1, -0.05) is 0 Å². The number of hydrogen-bond acceptors (Lipinski definition) is 2. The molecule has 1 heterocycles. The maximum absolute atomic E-state index is 3.03. The average Bonchev–Trinajstić information content (AvgIpc) is 1.90. The van der Waals surface area contributed by atoms with Crippen LogP contribution >= 0.6 is 0 Å². The summed E-state index contributed by atoms with van der Waals surface area (Å²) >= 11 is 3.03. The Morgan fingerprint density at radius 1 is 1.22 bits per heavy atom. The molecular weight excluding hydrogens is 179 g/mol. The summed E-state index contributed by atoms with van der Waals surface area (Å²) in [5.41, 5.74) is 1.09. The molecule has 0 bridgehead atoms. The Morgan fingerprint density at radius 2 is 1.78 bits per heavy atom. The topological polar surface area (TPSA) is 6.48 Å². The van der Waals surface area contributed by atoms with E-state index < -0.39 is 0 Å². The van der Waals surface area contributed by atoms with Crippen LogP contribution in [0.1, 0.15) is 0 Å². The summed E-state index contributed by atoms with van der Waals surface area (Å²) in [5, 5.41) is 0. The van der Waals surface area contributed by atoms with Gasteiger partial charge in [-0.05, 0) is 0 Å². The van der Waals surface area contributed by atoms with Gasteiger partial charge in [0.25, 0.3) is 0 Å². The van der Waals surface area contributed by atoms with Crippen molar-refractivity contribution in [3.8, 4) is 0 Å². The zero-order chi connectivity index (χ0) is 6.69. The van der Waals surface area contributed by atoms with Gasteiger partial charge < -0.3 is 0 Å². The Balaban J connectivity index is 2.18. The summed E-state index contributed by atoms with van der Waals surface area (Å²) in [6, 6.07) is 0. The zero-order valence-electron chi connectivity index (χ0n) is 5.84. The minimum atomic E-state index is 1.09. The summed E-state index contributed by atoms with van der Waals surface area (Å²) in [4.78, 5) is 4.80. The van der Waals surface area contributed by atoms with E-state index in [1.54, 1.807) is 0 Å². The summed E-state index contributed by atoms with van der Waals surface area (Å²) in [6.45, 7) is 4.90. The second-order valence-electron chi connectivity index (χ2n) is 2.55. The van der Waals surface area contributed by atoms with Crippen molar-refractivity contribution in [2.24, 2.45) is 0 Å². The Hall–Kier alpha value is 0.439. The van der Waals surface area contributed by atoms with Crippen molar-refractivity contribution in [3.63, 3.8) is 0 Å². The number of piperazine rings is 1. The molecule has 1 radical (unpaired) electrons. The first-order valence-corrected chi connectivity index (χ1v) is 4.53. The molecular formula is C6H13N2Se. The SMILES string of the molecule is CN1CCN(C[Se])CC1. The molecule has 0 saturated carbocycles. The molecule has 1 fully saturated rings. The van der Waals surface area contributed by atoms with Crippen LogP contribution in [0.3, 0.4) is 0 Å². The third-order valence-corrected chi connectivity index (χ3v) is 2.54. The van der Waals surface area contributed by atoms with Crippen LogP contribution in [-0.2, 0) is 0 Å². The van der Waals surface area contributed by atoms with Gasteiger partial charge in [0.15, 0.2) is 0 Å². The van der Waals surface area contributed by atoms with Crippen molar-refractivity contribution >= 4 is 16.0 Å². The second-order valence-corrected chi connectivity index (χ2v) is 3.09. The Labute approximate surface area is 65.0 Å². The first kappa shape index (κ1) is 7.55. The van der Waals surface area contributed by atoms with Crippen LogP contribution in [0.15, 0.2) is 0 Å². The van der Waals surface area contributed by atoms with E-state index in [0.29, 0.717) is 0 Å². The van der Waals surface area contributed by atoms with E-state index in [-0.39, 0.29) is 0 Å². The Kier molecular flexibility index (Phi) is 2.99. The van der Waals surface area contributed by atoms with Gasteiger partial charge in [0, 0.05) is 0 Å². The Bertz CT molecular complexity index is 79.1.